The van der Waals surface area contributed by atoms with Crippen molar-refractivity contribution in [3.63, 3.8) is 0 Å². The van der Waals surface area contributed by atoms with Crippen LogP contribution < -0.4 is 14.8 Å². The molecular weight excluding hydrogens is 354 g/mol. The van der Waals surface area contributed by atoms with Gasteiger partial charge >= 0.3 is 5.97 Å². The lowest BCUT2D eigenvalue weighted by atomic mass is 10.2. The van der Waals surface area contributed by atoms with Gasteiger partial charge in [-0.15, -0.1) is 11.3 Å². The molecule has 0 aliphatic rings. The lowest BCUT2D eigenvalue weighted by Gasteiger charge is -2.10. The number of esters is 1. The SMILES string of the molecule is CCc1cc(C(=O)OCC(=O)NCc2ccc(OC)c(OC)c2)sc1C. The molecule has 1 aromatic carbocycles. The Balaban J connectivity index is 1.84. The topological polar surface area (TPSA) is 73.9 Å². The van der Waals surface area contributed by atoms with Crippen LogP contribution in [0.4, 0.5) is 0 Å². The summed E-state index contributed by atoms with van der Waals surface area (Å²) >= 11 is 1.38. The molecule has 0 saturated heterocycles. The fourth-order valence-corrected chi connectivity index (χ4v) is 3.42. The standard InChI is InChI=1S/C19H23NO5S/c1-5-14-9-17(26-12(14)2)19(22)25-11-18(21)20-10-13-6-7-15(23-3)16(8-13)24-4/h6-9H,5,10-11H2,1-4H3,(H,20,21). The minimum Gasteiger partial charge on any atom is -0.493 e. The van der Waals surface area contributed by atoms with Crippen molar-refractivity contribution in [2.45, 2.75) is 26.8 Å². The zero-order valence-corrected chi connectivity index (χ0v) is 16.2. The van der Waals surface area contributed by atoms with Crippen molar-refractivity contribution in [2.75, 3.05) is 20.8 Å². The number of benzene rings is 1. The maximum absolute atomic E-state index is 12.0. The number of hydrogen-bond donors (Lipinski definition) is 1. The molecule has 2 aromatic rings. The van der Waals surface area contributed by atoms with E-state index < -0.39 is 5.97 Å². The van der Waals surface area contributed by atoms with Gasteiger partial charge in [-0.1, -0.05) is 13.0 Å². The van der Waals surface area contributed by atoms with E-state index in [4.69, 9.17) is 14.2 Å². The van der Waals surface area contributed by atoms with Gasteiger partial charge in [-0.25, -0.2) is 4.79 Å². The van der Waals surface area contributed by atoms with Crippen LogP contribution in [-0.2, 0) is 22.5 Å². The normalized spacial score (nSPS) is 10.3. The van der Waals surface area contributed by atoms with Gasteiger partial charge in [-0.2, -0.15) is 0 Å². The highest BCUT2D eigenvalue weighted by Crippen LogP contribution is 2.27. The first-order chi connectivity index (χ1) is 12.5. The van der Waals surface area contributed by atoms with Crippen molar-refractivity contribution in [2.24, 2.45) is 0 Å². The van der Waals surface area contributed by atoms with Crippen LogP contribution in [0.2, 0.25) is 0 Å². The molecule has 0 atom stereocenters. The quantitative estimate of drug-likeness (QED) is 0.716. The summed E-state index contributed by atoms with van der Waals surface area (Å²) in [5.74, 6) is 0.371. The molecule has 0 fully saturated rings. The third kappa shape index (κ3) is 4.98. The summed E-state index contributed by atoms with van der Waals surface area (Å²) in [7, 11) is 3.11. The van der Waals surface area contributed by atoms with E-state index in [1.807, 2.05) is 26.0 Å². The lowest BCUT2D eigenvalue weighted by Crippen LogP contribution is -2.28. The largest absolute Gasteiger partial charge is 0.493 e. The van der Waals surface area contributed by atoms with Gasteiger partial charge in [-0.05, 0) is 42.7 Å². The van der Waals surface area contributed by atoms with Crippen molar-refractivity contribution in [3.05, 3.63) is 45.1 Å². The first kappa shape index (κ1) is 19.8. The molecule has 7 heteroatoms. The Morgan fingerprint density at radius 1 is 1.12 bits per heavy atom. The van der Waals surface area contributed by atoms with Crippen molar-refractivity contribution in [1.82, 2.24) is 5.32 Å². The minimum atomic E-state index is -0.473. The molecule has 0 aliphatic carbocycles. The van der Waals surface area contributed by atoms with E-state index in [1.165, 1.54) is 11.3 Å². The summed E-state index contributed by atoms with van der Waals surface area (Å²) in [6.07, 6.45) is 0.863. The first-order valence-electron chi connectivity index (χ1n) is 8.22. The zero-order chi connectivity index (χ0) is 19.1. The number of hydrogen-bond acceptors (Lipinski definition) is 6. The molecule has 0 bridgehead atoms. The van der Waals surface area contributed by atoms with Gasteiger partial charge in [0.1, 0.15) is 4.88 Å². The molecule has 0 unspecified atom stereocenters. The molecule has 0 spiro atoms. The van der Waals surface area contributed by atoms with Gasteiger partial charge < -0.3 is 19.5 Å². The van der Waals surface area contributed by atoms with Crippen molar-refractivity contribution < 1.29 is 23.8 Å². The number of amides is 1. The van der Waals surface area contributed by atoms with Crippen LogP contribution in [0, 0.1) is 6.92 Å². The van der Waals surface area contributed by atoms with Crippen LogP contribution in [0.3, 0.4) is 0 Å². The summed E-state index contributed by atoms with van der Waals surface area (Å²) in [4.78, 5) is 25.6. The highest BCUT2D eigenvalue weighted by atomic mass is 32.1. The number of thiophene rings is 1. The summed E-state index contributed by atoms with van der Waals surface area (Å²) in [5, 5.41) is 2.71. The van der Waals surface area contributed by atoms with Gasteiger partial charge in [0.15, 0.2) is 18.1 Å². The highest BCUT2D eigenvalue weighted by Gasteiger charge is 2.14. The fourth-order valence-electron chi connectivity index (χ4n) is 2.42. The van der Waals surface area contributed by atoms with Crippen LogP contribution >= 0.6 is 11.3 Å². The smallest absolute Gasteiger partial charge is 0.348 e. The van der Waals surface area contributed by atoms with Crippen molar-refractivity contribution in [1.29, 1.82) is 0 Å². The summed E-state index contributed by atoms with van der Waals surface area (Å²) in [6.45, 7) is 3.99. The van der Waals surface area contributed by atoms with E-state index in [-0.39, 0.29) is 12.5 Å². The summed E-state index contributed by atoms with van der Waals surface area (Å²) < 4.78 is 15.5. The van der Waals surface area contributed by atoms with Crippen LogP contribution in [0.15, 0.2) is 24.3 Å². The van der Waals surface area contributed by atoms with E-state index in [2.05, 4.69) is 5.32 Å². The second-order valence-corrected chi connectivity index (χ2v) is 6.84. The van der Waals surface area contributed by atoms with E-state index in [9.17, 15) is 9.59 Å². The van der Waals surface area contributed by atoms with Gasteiger partial charge in [0, 0.05) is 11.4 Å². The Morgan fingerprint density at radius 2 is 1.85 bits per heavy atom. The van der Waals surface area contributed by atoms with Gasteiger partial charge in [-0.3, -0.25) is 4.79 Å². The summed E-state index contributed by atoms with van der Waals surface area (Å²) in [6, 6.07) is 7.20. The maximum Gasteiger partial charge on any atom is 0.348 e. The molecule has 0 saturated carbocycles. The zero-order valence-electron chi connectivity index (χ0n) is 15.4. The molecule has 1 heterocycles. The van der Waals surface area contributed by atoms with Crippen molar-refractivity contribution in [3.8, 4) is 11.5 Å². The molecule has 0 aliphatic heterocycles. The average Bonchev–Trinajstić information content (AvgIpc) is 3.04. The number of nitrogens with one attached hydrogen (secondary N) is 1. The predicted octanol–water partition coefficient (Wildman–Crippen LogP) is 3.11. The first-order valence-corrected chi connectivity index (χ1v) is 9.04. The van der Waals surface area contributed by atoms with Gasteiger partial charge in [0.2, 0.25) is 0 Å². The van der Waals surface area contributed by atoms with Gasteiger partial charge in [0.05, 0.1) is 14.2 Å². The monoisotopic (exact) mass is 377 g/mol. The van der Waals surface area contributed by atoms with Crippen LogP contribution in [0.5, 0.6) is 11.5 Å². The second kappa shape index (κ2) is 9.24. The molecule has 140 valence electrons. The average molecular weight is 377 g/mol. The van der Waals surface area contributed by atoms with E-state index in [0.29, 0.717) is 22.9 Å². The Labute approximate surface area is 157 Å². The van der Waals surface area contributed by atoms with Crippen LogP contribution in [0.1, 0.15) is 32.6 Å². The Bertz CT molecular complexity index is 784. The molecule has 0 radical (unpaired) electrons. The highest BCUT2D eigenvalue weighted by molar-refractivity contribution is 7.14. The number of carbonyl (C=O) groups is 2. The Kier molecular flexibility index (Phi) is 7.03. The van der Waals surface area contributed by atoms with E-state index in [1.54, 1.807) is 26.4 Å². The maximum atomic E-state index is 12.0. The Hall–Kier alpha value is -2.54. The molecule has 2 rings (SSSR count). The fraction of sp³-hybridized carbons (Fsp3) is 0.368. The number of rotatable bonds is 8. The second-order valence-electron chi connectivity index (χ2n) is 5.59. The van der Waals surface area contributed by atoms with E-state index >= 15 is 0 Å². The molecular formula is C19H23NO5S. The molecule has 1 N–H and O–H groups in total. The third-order valence-corrected chi connectivity index (χ3v) is 4.95. The van der Waals surface area contributed by atoms with Crippen LogP contribution in [-0.4, -0.2) is 32.7 Å². The van der Waals surface area contributed by atoms with E-state index in [0.717, 1.165) is 22.4 Å². The lowest BCUT2D eigenvalue weighted by molar-refractivity contribution is -0.124. The number of ether oxygens (including phenoxy) is 3. The molecule has 1 amide bonds. The Morgan fingerprint density at radius 3 is 2.46 bits per heavy atom. The number of methoxy groups -OCH3 is 2. The summed E-state index contributed by atoms with van der Waals surface area (Å²) in [5.41, 5.74) is 1.98. The van der Waals surface area contributed by atoms with Crippen LogP contribution in [0.25, 0.3) is 0 Å². The molecule has 1 aromatic heterocycles. The number of carbonyl (C=O) groups excluding carboxylic acids is 2. The third-order valence-electron chi connectivity index (χ3n) is 3.87. The molecule has 6 nitrogen and oxygen atoms in total. The molecule has 26 heavy (non-hydrogen) atoms. The minimum absolute atomic E-state index is 0.300. The number of aryl methyl sites for hydroxylation is 2. The van der Waals surface area contributed by atoms with Gasteiger partial charge in [0.25, 0.3) is 5.91 Å². The van der Waals surface area contributed by atoms with Crippen molar-refractivity contribution >= 4 is 23.2 Å². The predicted molar refractivity (Wildman–Crippen MR) is 100 cm³/mol.